The molecule has 1 fully saturated rings. The van der Waals surface area contributed by atoms with E-state index in [2.05, 4.69) is 5.32 Å². The average molecular weight is 202 g/mol. The minimum Gasteiger partial charge on any atom is -0.376 e. The molecule has 1 unspecified atom stereocenters. The lowest BCUT2D eigenvalue weighted by Gasteiger charge is -2.22. The van der Waals surface area contributed by atoms with Gasteiger partial charge in [0.25, 0.3) is 5.91 Å². The van der Waals surface area contributed by atoms with Crippen molar-refractivity contribution < 1.29 is 14.3 Å². The molecule has 1 atom stereocenters. The van der Waals surface area contributed by atoms with Crippen LogP contribution < -0.4 is 5.32 Å². The van der Waals surface area contributed by atoms with Crippen molar-refractivity contribution in [2.45, 2.75) is 6.10 Å². The first-order chi connectivity index (χ1) is 6.70. The van der Waals surface area contributed by atoms with Crippen LogP contribution in [-0.4, -0.2) is 63.9 Å². The number of hydrogen-bond donors (Lipinski definition) is 1. The van der Waals surface area contributed by atoms with Crippen molar-refractivity contribution in [3.8, 4) is 0 Å². The highest BCUT2D eigenvalue weighted by molar-refractivity contribution is 5.80. The second kappa shape index (κ2) is 5.95. The molecule has 5 heteroatoms. The number of carbonyl (C=O) groups excluding carboxylic acids is 1. The summed E-state index contributed by atoms with van der Waals surface area (Å²) in [5.74, 6) is -0.0773. The Balaban J connectivity index is 2.13. The van der Waals surface area contributed by atoms with Gasteiger partial charge >= 0.3 is 0 Å². The third-order valence-electron chi connectivity index (χ3n) is 1.97. The van der Waals surface area contributed by atoms with Crippen LogP contribution in [-0.2, 0) is 14.3 Å². The van der Waals surface area contributed by atoms with Gasteiger partial charge in [-0.2, -0.15) is 0 Å². The molecule has 1 rings (SSSR count). The normalized spacial score (nSPS) is 22.4. The van der Waals surface area contributed by atoms with E-state index in [9.17, 15) is 4.79 Å². The van der Waals surface area contributed by atoms with Crippen LogP contribution in [0.2, 0.25) is 0 Å². The Morgan fingerprint density at radius 2 is 2.29 bits per heavy atom. The molecule has 1 saturated heterocycles. The Bertz CT molecular complexity index is 179. The average Bonchev–Trinajstić information content (AvgIpc) is 2.18. The highest BCUT2D eigenvalue weighted by Gasteiger charge is 2.21. The Kier molecular flexibility index (Phi) is 4.86. The molecule has 1 N–H and O–H groups in total. The number of hydrogen-bond acceptors (Lipinski definition) is 4. The van der Waals surface area contributed by atoms with Crippen molar-refractivity contribution >= 4 is 5.91 Å². The predicted octanol–water partition coefficient (Wildman–Crippen LogP) is -0.920. The van der Waals surface area contributed by atoms with Gasteiger partial charge in [0, 0.05) is 13.1 Å². The summed E-state index contributed by atoms with van der Waals surface area (Å²) in [6.45, 7) is 2.94. The zero-order valence-electron chi connectivity index (χ0n) is 8.78. The number of amides is 1. The van der Waals surface area contributed by atoms with Crippen molar-refractivity contribution in [3.05, 3.63) is 0 Å². The second-order valence-corrected chi connectivity index (χ2v) is 3.53. The maximum atomic E-state index is 11.4. The lowest BCUT2D eigenvalue weighted by molar-refractivity contribution is -0.147. The highest BCUT2D eigenvalue weighted by Crippen LogP contribution is 1.99. The van der Waals surface area contributed by atoms with E-state index in [0.717, 1.165) is 6.54 Å². The lowest BCUT2D eigenvalue weighted by Crippen LogP contribution is -2.44. The van der Waals surface area contributed by atoms with Crippen LogP contribution in [0.15, 0.2) is 0 Å². The molecule has 1 heterocycles. The van der Waals surface area contributed by atoms with Crippen LogP contribution in [0.3, 0.4) is 0 Å². The molecule has 0 spiro atoms. The van der Waals surface area contributed by atoms with E-state index in [4.69, 9.17) is 9.47 Å². The quantitative estimate of drug-likeness (QED) is 0.640. The second-order valence-electron chi connectivity index (χ2n) is 3.53. The SMILES string of the molecule is CN(C)CCNC(=O)C1COCCO1. The van der Waals surface area contributed by atoms with E-state index < -0.39 is 6.10 Å². The van der Waals surface area contributed by atoms with Gasteiger partial charge in [-0.1, -0.05) is 0 Å². The number of nitrogens with one attached hydrogen (secondary N) is 1. The molecule has 0 aromatic rings. The number of likely N-dealkylation sites (N-methyl/N-ethyl adjacent to an activating group) is 1. The molecule has 5 nitrogen and oxygen atoms in total. The molecule has 1 aliphatic heterocycles. The first-order valence-corrected chi connectivity index (χ1v) is 4.82. The van der Waals surface area contributed by atoms with Gasteiger partial charge in [0.05, 0.1) is 19.8 Å². The van der Waals surface area contributed by atoms with Crippen LogP contribution in [0.1, 0.15) is 0 Å². The van der Waals surface area contributed by atoms with Crippen molar-refractivity contribution in [1.82, 2.24) is 10.2 Å². The van der Waals surface area contributed by atoms with E-state index in [-0.39, 0.29) is 5.91 Å². The van der Waals surface area contributed by atoms with Gasteiger partial charge in [-0.15, -0.1) is 0 Å². The zero-order chi connectivity index (χ0) is 10.4. The maximum Gasteiger partial charge on any atom is 0.251 e. The van der Waals surface area contributed by atoms with E-state index in [0.29, 0.717) is 26.4 Å². The smallest absolute Gasteiger partial charge is 0.251 e. The molecule has 0 saturated carbocycles. The molecule has 0 aliphatic carbocycles. The fourth-order valence-corrected chi connectivity index (χ4v) is 1.16. The fourth-order valence-electron chi connectivity index (χ4n) is 1.16. The third kappa shape index (κ3) is 4.04. The molecular weight excluding hydrogens is 184 g/mol. The first-order valence-electron chi connectivity index (χ1n) is 4.82. The van der Waals surface area contributed by atoms with Crippen LogP contribution in [0.25, 0.3) is 0 Å². The summed E-state index contributed by atoms with van der Waals surface area (Å²) in [6.07, 6.45) is -0.425. The molecule has 0 aromatic heterocycles. The van der Waals surface area contributed by atoms with Gasteiger partial charge in [0.2, 0.25) is 0 Å². The standard InChI is InChI=1S/C9H18N2O3/c1-11(2)4-3-10-9(12)8-7-13-5-6-14-8/h8H,3-7H2,1-2H3,(H,10,12). The van der Waals surface area contributed by atoms with Gasteiger partial charge < -0.3 is 19.7 Å². The first kappa shape index (κ1) is 11.4. The molecule has 0 radical (unpaired) electrons. The summed E-state index contributed by atoms with van der Waals surface area (Å²) < 4.78 is 10.4. The Morgan fingerprint density at radius 3 is 2.86 bits per heavy atom. The van der Waals surface area contributed by atoms with Crippen molar-refractivity contribution in [2.75, 3.05) is 47.0 Å². The summed E-state index contributed by atoms with van der Waals surface area (Å²) in [7, 11) is 3.93. The lowest BCUT2D eigenvalue weighted by atomic mass is 10.3. The third-order valence-corrected chi connectivity index (χ3v) is 1.97. The van der Waals surface area contributed by atoms with E-state index in [1.807, 2.05) is 19.0 Å². The summed E-state index contributed by atoms with van der Waals surface area (Å²) in [5, 5.41) is 2.80. The van der Waals surface area contributed by atoms with Crippen LogP contribution in [0.5, 0.6) is 0 Å². The van der Waals surface area contributed by atoms with Crippen molar-refractivity contribution in [1.29, 1.82) is 0 Å². The Labute approximate surface area is 84.4 Å². The molecule has 0 aromatic carbocycles. The fraction of sp³-hybridized carbons (Fsp3) is 0.889. The minimum atomic E-state index is -0.425. The number of rotatable bonds is 4. The summed E-state index contributed by atoms with van der Waals surface area (Å²) >= 11 is 0. The molecule has 82 valence electrons. The van der Waals surface area contributed by atoms with Crippen LogP contribution in [0.4, 0.5) is 0 Å². The summed E-state index contributed by atoms with van der Waals surface area (Å²) in [4.78, 5) is 13.5. The molecule has 0 bridgehead atoms. The predicted molar refractivity (Wildman–Crippen MR) is 52.1 cm³/mol. The van der Waals surface area contributed by atoms with Crippen molar-refractivity contribution in [2.24, 2.45) is 0 Å². The highest BCUT2D eigenvalue weighted by atomic mass is 16.6. The van der Waals surface area contributed by atoms with Gasteiger partial charge in [0.15, 0.2) is 6.10 Å². The zero-order valence-corrected chi connectivity index (χ0v) is 8.78. The summed E-state index contributed by atoms with van der Waals surface area (Å²) in [6, 6.07) is 0. The Hall–Kier alpha value is -0.650. The van der Waals surface area contributed by atoms with Gasteiger partial charge in [-0.3, -0.25) is 4.79 Å². The Morgan fingerprint density at radius 1 is 1.50 bits per heavy atom. The van der Waals surface area contributed by atoms with Gasteiger partial charge in [0.1, 0.15) is 0 Å². The number of nitrogens with zero attached hydrogens (tertiary/aromatic N) is 1. The maximum absolute atomic E-state index is 11.4. The van der Waals surface area contributed by atoms with Crippen LogP contribution >= 0.6 is 0 Å². The number of carbonyl (C=O) groups is 1. The summed E-state index contributed by atoms with van der Waals surface area (Å²) in [5.41, 5.74) is 0. The topological polar surface area (TPSA) is 50.8 Å². The van der Waals surface area contributed by atoms with Crippen molar-refractivity contribution in [3.63, 3.8) is 0 Å². The van der Waals surface area contributed by atoms with Gasteiger partial charge in [-0.05, 0) is 14.1 Å². The number of ether oxygens (including phenoxy) is 2. The van der Waals surface area contributed by atoms with E-state index >= 15 is 0 Å². The largest absolute Gasteiger partial charge is 0.376 e. The van der Waals surface area contributed by atoms with Crippen LogP contribution in [0, 0.1) is 0 Å². The monoisotopic (exact) mass is 202 g/mol. The minimum absolute atomic E-state index is 0.0773. The van der Waals surface area contributed by atoms with E-state index in [1.54, 1.807) is 0 Å². The molecule has 14 heavy (non-hydrogen) atoms. The van der Waals surface area contributed by atoms with E-state index in [1.165, 1.54) is 0 Å². The molecular formula is C9H18N2O3. The van der Waals surface area contributed by atoms with Gasteiger partial charge in [-0.25, -0.2) is 0 Å². The molecule has 1 amide bonds. The molecule has 1 aliphatic rings.